The highest BCUT2D eigenvalue weighted by Gasteiger charge is 2.40. The standard InChI is InChI=1S/C23H19FN4O2/c1-28-18-5-3-13(24)9-14(18)20-16(4-6-19(30-2)21(20)28)23(11-25)8-7-17-15(10-23)22(29)27-12-26-17/h3-6,9,12H,7-8,10H2,1-2H3,(H,26,27,29). The number of H-pyrrole nitrogens is 1. The Bertz CT molecular complexity index is 1430. The molecule has 0 saturated heterocycles. The van der Waals surface area contributed by atoms with Crippen LogP contribution in [0.3, 0.4) is 0 Å². The summed E-state index contributed by atoms with van der Waals surface area (Å²) in [6.07, 6.45) is 2.72. The molecule has 2 heterocycles. The molecule has 0 saturated carbocycles. The molecule has 0 spiro atoms. The minimum atomic E-state index is -0.922. The summed E-state index contributed by atoms with van der Waals surface area (Å²) in [4.78, 5) is 19.4. The number of nitrogens with zero attached hydrogens (tertiary/aromatic N) is 3. The summed E-state index contributed by atoms with van der Waals surface area (Å²) in [6.45, 7) is 0. The summed E-state index contributed by atoms with van der Waals surface area (Å²) in [5.41, 5.74) is 2.57. The van der Waals surface area contributed by atoms with Crippen molar-refractivity contribution in [3.63, 3.8) is 0 Å². The quantitative estimate of drug-likeness (QED) is 0.556. The zero-order valence-electron chi connectivity index (χ0n) is 16.6. The number of aromatic amines is 1. The smallest absolute Gasteiger partial charge is 0.254 e. The van der Waals surface area contributed by atoms with Crippen LogP contribution in [0.25, 0.3) is 21.8 Å². The number of benzene rings is 2. The summed E-state index contributed by atoms with van der Waals surface area (Å²) in [5, 5.41) is 11.8. The van der Waals surface area contributed by atoms with Gasteiger partial charge < -0.3 is 14.3 Å². The van der Waals surface area contributed by atoms with Gasteiger partial charge in [-0.3, -0.25) is 4.79 Å². The van der Waals surface area contributed by atoms with Crippen molar-refractivity contribution in [2.45, 2.75) is 24.7 Å². The molecule has 5 rings (SSSR count). The molecule has 1 N–H and O–H groups in total. The topological polar surface area (TPSA) is 83.7 Å². The molecule has 30 heavy (non-hydrogen) atoms. The normalized spacial score (nSPS) is 18.3. The van der Waals surface area contributed by atoms with Crippen molar-refractivity contribution >= 4 is 21.8 Å². The van der Waals surface area contributed by atoms with Gasteiger partial charge in [0.25, 0.3) is 5.56 Å². The van der Waals surface area contributed by atoms with Gasteiger partial charge in [-0.15, -0.1) is 0 Å². The second-order valence-corrected chi connectivity index (χ2v) is 7.79. The third-order valence-electron chi connectivity index (χ3n) is 6.32. The first-order valence-electron chi connectivity index (χ1n) is 9.71. The first-order chi connectivity index (χ1) is 14.5. The number of rotatable bonds is 2. The molecule has 1 aliphatic carbocycles. The summed E-state index contributed by atoms with van der Waals surface area (Å²) < 4.78 is 21.7. The molecule has 0 amide bonds. The lowest BCUT2D eigenvalue weighted by molar-refractivity contribution is 0.417. The molecule has 2 aromatic carbocycles. The third-order valence-corrected chi connectivity index (χ3v) is 6.32. The van der Waals surface area contributed by atoms with Gasteiger partial charge in [-0.05, 0) is 42.7 Å². The second kappa shape index (κ2) is 6.42. The Labute approximate surface area is 171 Å². The number of aryl methyl sites for hydroxylation is 2. The molecule has 1 aliphatic rings. The van der Waals surface area contributed by atoms with Gasteiger partial charge in [0, 0.05) is 35.3 Å². The molecule has 2 aromatic heterocycles. The first-order valence-corrected chi connectivity index (χ1v) is 9.71. The van der Waals surface area contributed by atoms with E-state index in [9.17, 15) is 14.4 Å². The van der Waals surface area contributed by atoms with E-state index in [4.69, 9.17) is 4.74 Å². The third kappa shape index (κ3) is 2.40. The van der Waals surface area contributed by atoms with Crippen LogP contribution < -0.4 is 10.3 Å². The van der Waals surface area contributed by atoms with Crippen LogP contribution in [-0.4, -0.2) is 21.6 Å². The average molecular weight is 402 g/mol. The van der Waals surface area contributed by atoms with Crippen LogP contribution in [0.5, 0.6) is 5.75 Å². The van der Waals surface area contributed by atoms with Crippen molar-refractivity contribution < 1.29 is 9.13 Å². The minimum Gasteiger partial charge on any atom is -0.495 e. The fourth-order valence-electron chi connectivity index (χ4n) is 4.83. The Morgan fingerprint density at radius 2 is 2.17 bits per heavy atom. The van der Waals surface area contributed by atoms with E-state index >= 15 is 0 Å². The van der Waals surface area contributed by atoms with Crippen molar-refractivity contribution in [2.24, 2.45) is 7.05 Å². The van der Waals surface area contributed by atoms with Gasteiger partial charge in [-0.1, -0.05) is 6.07 Å². The summed E-state index contributed by atoms with van der Waals surface area (Å²) in [5.74, 6) is 0.307. The lowest BCUT2D eigenvalue weighted by Crippen LogP contribution is -2.36. The predicted molar refractivity (Wildman–Crippen MR) is 111 cm³/mol. The monoisotopic (exact) mass is 402 g/mol. The van der Waals surface area contributed by atoms with Gasteiger partial charge in [0.2, 0.25) is 0 Å². The SMILES string of the molecule is COc1ccc(C2(C#N)CCc3nc[nH]c(=O)c3C2)c2c3cc(F)ccc3n(C)c12. The van der Waals surface area contributed by atoms with E-state index in [1.165, 1.54) is 18.5 Å². The van der Waals surface area contributed by atoms with Gasteiger partial charge >= 0.3 is 0 Å². The van der Waals surface area contributed by atoms with Crippen molar-refractivity contribution in [1.82, 2.24) is 14.5 Å². The molecule has 150 valence electrons. The Kier molecular flexibility index (Phi) is 3.93. The molecular formula is C23H19FN4O2. The maximum Gasteiger partial charge on any atom is 0.254 e. The number of hydrogen-bond acceptors (Lipinski definition) is 4. The minimum absolute atomic E-state index is 0.215. The van der Waals surface area contributed by atoms with E-state index < -0.39 is 5.41 Å². The number of ether oxygens (including phenoxy) is 1. The zero-order chi connectivity index (χ0) is 21.0. The highest BCUT2D eigenvalue weighted by molar-refractivity contribution is 6.12. The molecular weight excluding hydrogens is 383 g/mol. The molecule has 1 unspecified atom stereocenters. The predicted octanol–water partition coefficient (Wildman–Crippen LogP) is 3.51. The Morgan fingerprint density at radius 1 is 1.33 bits per heavy atom. The van der Waals surface area contributed by atoms with Gasteiger partial charge in [-0.25, -0.2) is 9.37 Å². The lowest BCUT2D eigenvalue weighted by Gasteiger charge is -2.32. The van der Waals surface area contributed by atoms with E-state index in [1.54, 1.807) is 13.2 Å². The average Bonchev–Trinajstić information content (AvgIpc) is 3.05. The van der Waals surface area contributed by atoms with Crippen molar-refractivity contribution in [3.8, 4) is 11.8 Å². The van der Waals surface area contributed by atoms with Gasteiger partial charge in [0.1, 0.15) is 11.6 Å². The molecule has 7 heteroatoms. The molecule has 0 aliphatic heterocycles. The number of aromatic nitrogens is 3. The molecule has 0 radical (unpaired) electrons. The number of fused-ring (bicyclic) bond motifs is 4. The van der Waals surface area contributed by atoms with E-state index in [0.29, 0.717) is 24.2 Å². The largest absolute Gasteiger partial charge is 0.495 e. The lowest BCUT2D eigenvalue weighted by atomic mass is 9.68. The van der Waals surface area contributed by atoms with Crippen LogP contribution in [-0.2, 0) is 25.3 Å². The number of nitrogens with one attached hydrogen (secondary N) is 1. The zero-order valence-corrected chi connectivity index (χ0v) is 16.6. The molecule has 4 aromatic rings. The van der Waals surface area contributed by atoms with E-state index in [1.807, 2.05) is 23.7 Å². The van der Waals surface area contributed by atoms with Crippen LogP contribution >= 0.6 is 0 Å². The van der Waals surface area contributed by atoms with E-state index in [2.05, 4.69) is 16.0 Å². The summed E-state index contributed by atoms with van der Waals surface area (Å²) in [6, 6.07) is 10.9. The highest BCUT2D eigenvalue weighted by atomic mass is 19.1. The Hall–Kier alpha value is -3.66. The Balaban J connectivity index is 1.87. The van der Waals surface area contributed by atoms with Gasteiger partial charge in [0.05, 0.1) is 36.1 Å². The van der Waals surface area contributed by atoms with E-state index in [0.717, 1.165) is 33.1 Å². The fourth-order valence-corrected chi connectivity index (χ4v) is 4.83. The van der Waals surface area contributed by atoms with Crippen LogP contribution in [0, 0.1) is 17.1 Å². The van der Waals surface area contributed by atoms with Crippen LogP contribution in [0.15, 0.2) is 41.5 Å². The Morgan fingerprint density at radius 3 is 2.93 bits per heavy atom. The highest BCUT2D eigenvalue weighted by Crippen LogP contribution is 2.45. The molecule has 0 bridgehead atoms. The molecule has 1 atom stereocenters. The van der Waals surface area contributed by atoms with Crippen LogP contribution in [0.2, 0.25) is 0 Å². The van der Waals surface area contributed by atoms with Crippen molar-refractivity contribution in [3.05, 3.63) is 69.7 Å². The fraction of sp³-hybridized carbons (Fsp3) is 0.261. The summed E-state index contributed by atoms with van der Waals surface area (Å²) in [7, 11) is 3.49. The molecule has 0 fully saturated rings. The number of nitriles is 1. The van der Waals surface area contributed by atoms with Gasteiger partial charge in [0.15, 0.2) is 0 Å². The summed E-state index contributed by atoms with van der Waals surface area (Å²) >= 11 is 0. The maximum absolute atomic E-state index is 14.2. The van der Waals surface area contributed by atoms with Gasteiger partial charge in [-0.2, -0.15) is 5.26 Å². The number of halogens is 1. The first kappa shape index (κ1) is 18.4. The second-order valence-electron chi connectivity index (χ2n) is 7.79. The van der Waals surface area contributed by atoms with Crippen molar-refractivity contribution in [1.29, 1.82) is 5.26 Å². The number of hydrogen-bond donors (Lipinski definition) is 1. The van der Waals surface area contributed by atoms with Crippen LogP contribution in [0.1, 0.15) is 23.2 Å². The maximum atomic E-state index is 14.2. The number of methoxy groups -OCH3 is 1. The van der Waals surface area contributed by atoms with E-state index in [-0.39, 0.29) is 17.8 Å². The molecule has 6 nitrogen and oxygen atoms in total. The van der Waals surface area contributed by atoms with Crippen molar-refractivity contribution in [2.75, 3.05) is 7.11 Å². The van der Waals surface area contributed by atoms with Crippen LogP contribution in [0.4, 0.5) is 4.39 Å².